The van der Waals surface area contributed by atoms with Gasteiger partial charge in [-0.3, -0.25) is 4.79 Å². The van der Waals surface area contributed by atoms with Crippen LogP contribution in [0.2, 0.25) is 0 Å². The van der Waals surface area contributed by atoms with E-state index in [0.717, 1.165) is 18.6 Å². The number of aryl methyl sites for hydroxylation is 2. The molecule has 0 spiro atoms. The second-order valence-electron chi connectivity index (χ2n) is 6.61. The van der Waals surface area contributed by atoms with Crippen LogP contribution in [0.5, 0.6) is 5.75 Å². The lowest BCUT2D eigenvalue weighted by Gasteiger charge is -2.22. The molecule has 0 aliphatic heterocycles. The van der Waals surface area contributed by atoms with E-state index in [1.807, 2.05) is 18.2 Å². The number of hydrogen-bond donors (Lipinski definition) is 1. The van der Waals surface area contributed by atoms with Crippen LogP contribution in [0, 0.1) is 13.8 Å². The lowest BCUT2D eigenvalue weighted by Crippen LogP contribution is -2.35. The fourth-order valence-corrected chi connectivity index (χ4v) is 3.04. The number of rotatable bonds is 5. The predicted molar refractivity (Wildman–Crippen MR) is 93.3 cm³/mol. The van der Waals surface area contributed by atoms with Crippen molar-refractivity contribution in [1.29, 1.82) is 0 Å². The number of hydrogen-bond acceptors (Lipinski definition) is 3. The van der Waals surface area contributed by atoms with Crippen LogP contribution in [-0.2, 0) is 6.61 Å². The molecule has 1 aliphatic carbocycles. The summed E-state index contributed by atoms with van der Waals surface area (Å²) in [6.07, 6.45) is 5.79. The fraction of sp³-hybridized carbons (Fsp3) is 0.450. The van der Waals surface area contributed by atoms with E-state index in [0.29, 0.717) is 18.1 Å². The van der Waals surface area contributed by atoms with Crippen molar-refractivity contribution in [2.24, 2.45) is 0 Å². The standard InChI is InChI=1S/C20H25NO3/c1-14-8-9-17(12-15(14)2)23-13-18-10-11-19(24-18)20(22)21-16-6-4-3-5-7-16/h8-12,16H,3-7,13H2,1-2H3,(H,21,22). The summed E-state index contributed by atoms with van der Waals surface area (Å²) >= 11 is 0. The van der Waals surface area contributed by atoms with Gasteiger partial charge in [-0.1, -0.05) is 25.3 Å². The van der Waals surface area contributed by atoms with Gasteiger partial charge in [-0.05, 0) is 62.1 Å². The van der Waals surface area contributed by atoms with Gasteiger partial charge >= 0.3 is 0 Å². The number of nitrogens with one attached hydrogen (secondary N) is 1. The maximum Gasteiger partial charge on any atom is 0.287 e. The molecule has 1 saturated carbocycles. The molecule has 0 radical (unpaired) electrons. The van der Waals surface area contributed by atoms with Gasteiger partial charge in [0, 0.05) is 6.04 Å². The predicted octanol–water partition coefficient (Wildman–Crippen LogP) is 4.54. The van der Waals surface area contributed by atoms with Gasteiger partial charge in [-0.2, -0.15) is 0 Å². The second-order valence-corrected chi connectivity index (χ2v) is 6.61. The Bertz CT molecular complexity index is 699. The summed E-state index contributed by atoms with van der Waals surface area (Å²) < 4.78 is 11.4. The molecular formula is C20H25NO3. The summed E-state index contributed by atoms with van der Waals surface area (Å²) in [5.41, 5.74) is 2.43. The number of benzene rings is 1. The molecule has 1 heterocycles. The molecule has 1 fully saturated rings. The molecule has 1 aromatic heterocycles. The highest BCUT2D eigenvalue weighted by Crippen LogP contribution is 2.20. The quantitative estimate of drug-likeness (QED) is 0.877. The van der Waals surface area contributed by atoms with E-state index in [4.69, 9.17) is 9.15 Å². The second kappa shape index (κ2) is 7.56. The lowest BCUT2D eigenvalue weighted by atomic mass is 9.95. The van der Waals surface area contributed by atoms with Crippen molar-refractivity contribution in [2.75, 3.05) is 0 Å². The van der Waals surface area contributed by atoms with E-state index in [1.165, 1.54) is 30.4 Å². The number of carbonyl (C=O) groups is 1. The molecule has 24 heavy (non-hydrogen) atoms. The maximum atomic E-state index is 12.2. The van der Waals surface area contributed by atoms with Crippen molar-refractivity contribution in [2.45, 2.75) is 58.6 Å². The van der Waals surface area contributed by atoms with E-state index >= 15 is 0 Å². The van der Waals surface area contributed by atoms with Crippen LogP contribution in [0.3, 0.4) is 0 Å². The summed E-state index contributed by atoms with van der Waals surface area (Å²) in [6, 6.07) is 9.80. The summed E-state index contributed by atoms with van der Waals surface area (Å²) in [7, 11) is 0. The highest BCUT2D eigenvalue weighted by atomic mass is 16.5. The van der Waals surface area contributed by atoms with Crippen LogP contribution >= 0.6 is 0 Å². The first-order chi connectivity index (χ1) is 11.6. The first-order valence-corrected chi connectivity index (χ1v) is 8.71. The van der Waals surface area contributed by atoms with E-state index in [9.17, 15) is 4.79 Å². The SMILES string of the molecule is Cc1ccc(OCc2ccc(C(=O)NC3CCCCC3)o2)cc1C. The van der Waals surface area contributed by atoms with Gasteiger partial charge in [0.15, 0.2) is 5.76 Å². The summed E-state index contributed by atoms with van der Waals surface area (Å²) in [5.74, 6) is 1.70. The molecule has 0 saturated heterocycles. The molecule has 4 heteroatoms. The minimum atomic E-state index is -0.126. The number of carbonyl (C=O) groups excluding carboxylic acids is 1. The van der Waals surface area contributed by atoms with Crippen LogP contribution in [0.1, 0.15) is 59.5 Å². The van der Waals surface area contributed by atoms with Crippen molar-refractivity contribution >= 4 is 5.91 Å². The average molecular weight is 327 g/mol. The smallest absolute Gasteiger partial charge is 0.287 e. The molecular weight excluding hydrogens is 302 g/mol. The van der Waals surface area contributed by atoms with Crippen LogP contribution in [0.25, 0.3) is 0 Å². The van der Waals surface area contributed by atoms with Crippen molar-refractivity contribution in [3.05, 3.63) is 53.0 Å². The van der Waals surface area contributed by atoms with Gasteiger partial charge in [0.2, 0.25) is 0 Å². The molecule has 1 N–H and O–H groups in total. The first kappa shape index (κ1) is 16.6. The number of furan rings is 1. The van der Waals surface area contributed by atoms with Crippen LogP contribution in [0.15, 0.2) is 34.7 Å². The lowest BCUT2D eigenvalue weighted by molar-refractivity contribution is 0.0895. The zero-order valence-electron chi connectivity index (χ0n) is 14.4. The Morgan fingerprint density at radius 3 is 2.67 bits per heavy atom. The highest BCUT2D eigenvalue weighted by Gasteiger charge is 2.18. The molecule has 0 bridgehead atoms. The molecule has 128 valence electrons. The first-order valence-electron chi connectivity index (χ1n) is 8.71. The molecule has 1 aromatic carbocycles. The summed E-state index contributed by atoms with van der Waals surface area (Å²) in [6.45, 7) is 4.45. The number of amides is 1. The van der Waals surface area contributed by atoms with Crippen LogP contribution in [-0.4, -0.2) is 11.9 Å². The minimum absolute atomic E-state index is 0.126. The minimum Gasteiger partial charge on any atom is -0.486 e. The zero-order chi connectivity index (χ0) is 16.9. The Morgan fingerprint density at radius 1 is 1.12 bits per heavy atom. The molecule has 0 unspecified atom stereocenters. The third kappa shape index (κ3) is 4.19. The summed E-state index contributed by atoms with van der Waals surface area (Å²) in [5, 5.41) is 3.06. The monoisotopic (exact) mass is 327 g/mol. The molecule has 1 amide bonds. The van der Waals surface area contributed by atoms with Crippen molar-refractivity contribution < 1.29 is 13.9 Å². The highest BCUT2D eigenvalue weighted by molar-refractivity contribution is 5.91. The number of ether oxygens (including phenoxy) is 1. The van der Waals surface area contributed by atoms with Crippen LogP contribution in [0.4, 0.5) is 0 Å². The zero-order valence-corrected chi connectivity index (χ0v) is 14.4. The van der Waals surface area contributed by atoms with E-state index in [-0.39, 0.29) is 11.9 Å². The molecule has 0 atom stereocenters. The van der Waals surface area contributed by atoms with Gasteiger partial charge < -0.3 is 14.5 Å². The van der Waals surface area contributed by atoms with Gasteiger partial charge in [0.25, 0.3) is 5.91 Å². The molecule has 1 aliphatic rings. The van der Waals surface area contributed by atoms with E-state index < -0.39 is 0 Å². The van der Waals surface area contributed by atoms with E-state index in [2.05, 4.69) is 19.2 Å². The Labute approximate surface area is 143 Å². The fourth-order valence-electron chi connectivity index (χ4n) is 3.04. The topological polar surface area (TPSA) is 51.5 Å². The Kier molecular flexibility index (Phi) is 5.24. The van der Waals surface area contributed by atoms with E-state index in [1.54, 1.807) is 12.1 Å². The van der Waals surface area contributed by atoms with Gasteiger partial charge in [-0.25, -0.2) is 0 Å². The van der Waals surface area contributed by atoms with Crippen molar-refractivity contribution in [3.8, 4) is 5.75 Å². The largest absolute Gasteiger partial charge is 0.486 e. The van der Waals surface area contributed by atoms with Crippen molar-refractivity contribution in [3.63, 3.8) is 0 Å². The molecule has 4 nitrogen and oxygen atoms in total. The third-order valence-corrected chi connectivity index (χ3v) is 4.69. The normalized spacial score (nSPS) is 15.2. The Hall–Kier alpha value is -2.23. The third-order valence-electron chi connectivity index (χ3n) is 4.69. The Balaban J connectivity index is 1.54. The van der Waals surface area contributed by atoms with Gasteiger partial charge in [0.05, 0.1) is 0 Å². The van der Waals surface area contributed by atoms with Crippen molar-refractivity contribution in [1.82, 2.24) is 5.32 Å². The molecule has 3 rings (SSSR count). The van der Waals surface area contributed by atoms with Gasteiger partial charge in [0.1, 0.15) is 18.1 Å². The average Bonchev–Trinajstić information content (AvgIpc) is 3.06. The van der Waals surface area contributed by atoms with Gasteiger partial charge in [-0.15, -0.1) is 0 Å². The maximum absolute atomic E-state index is 12.2. The van der Waals surface area contributed by atoms with Crippen LogP contribution < -0.4 is 10.1 Å². The summed E-state index contributed by atoms with van der Waals surface area (Å²) in [4.78, 5) is 12.2. The Morgan fingerprint density at radius 2 is 1.92 bits per heavy atom. The molecule has 2 aromatic rings.